The van der Waals surface area contributed by atoms with E-state index in [4.69, 9.17) is 0 Å². The Balaban J connectivity index is 1.79. The molecule has 0 aliphatic rings. The normalized spacial score (nSPS) is 10.2. The summed E-state index contributed by atoms with van der Waals surface area (Å²) < 4.78 is 8.55. The number of nitrogens with one attached hydrogen (secondary N) is 2. The lowest BCUT2D eigenvalue weighted by atomic mass is 10.2. The van der Waals surface area contributed by atoms with E-state index in [0.717, 1.165) is 23.1 Å². The van der Waals surface area contributed by atoms with Gasteiger partial charge < -0.3 is 15.5 Å². The van der Waals surface area contributed by atoms with Crippen molar-refractivity contribution in [2.24, 2.45) is 0 Å². The van der Waals surface area contributed by atoms with Crippen molar-refractivity contribution in [1.82, 2.24) is 13.6 Å². The Morgan fingerprint density at radius 3 is 2.21 bits per heavy atom. The monoisotopic (exact) mass is 339 g/mol. The fourth-order valence-corrected chi connectivity index (χ4v) is 2.60. The summed E-state index contributed by atoms with van der Waals surface area (Å²) in [6.45, 7) is 0. The zero-order chi connectivity index (χ0) is 16.9. The number of aromatic nitrogens is 2. The minimum Gasteiger partial charge on any atom is -0.345 e. The third-order valence-electron chi connectivity index (χ3n) is 3.30. The first-order valence-electron chi connectivity index (χ1n) is 7.37. The van der Waals surface area contributed by atoms with E-state index in [1.54, 1.807) is 31.1 Å². The third-order valence-corrected chi connectivity index (χ3v) is 3.83. The van der Waals surface area contributed by atoms with Crippen molar-refractivity contribution in [1.29, 1.82) is 0 Å². The van der Waals surface area contributed by atoms with Crippen LogP contribution in [0, 0.1) is 0 Å². The summed E-state index contributed by atoms with van der Waals surface area (Å²) in [7, 11) is 3.46. The molecule has 0 saturated carbocycles. The number of hydrogen-bond acceptors (Lipinski definition) is 6. The van der Waals surface area contributed by atoms with Gasteiger partial charge in [-0.3, -0.25) is 4.79 Å². The predicted octanol–water partition coefficient (Wildman–Crippen LogP) is 3.73. The van der Waals surface area contributed by atoms with Crippen molar-refractivity contribution < 1.29 is 4.79 Å². The summed E-state index contributed by atoms with van der Waals surface area (Å²) >= 11 is 1.12. The third kappa shape index (κ3) is 3.69. The maximum atomic E-state index is 12.1. The van der Waals surface area contributed by atoms with Crippen LogP contribution in [0.3, 0.4) is 0 Å². The van der Waals surface area contributed by atoms with Crippen LogP contribution >= 0.6 is 11.7 Å². The summed E-state index contributed by atoms with van der Waals surface area (Å²) in [5.74, 6) is 1.23. The SMILES string of the molecule is CN(C)C(=O)c1cccc(Nc2nsnc2Nc2ccccc2)c1. The maximum absolute atomic E-state index is 12.1. The zero-order valence-corrected chi connectivity index (χ0v) is 14.2. The van der Waals surface area contributed by atoms with Crippen LogP contribution in [0.2, 0.25) is 0 Å². The van der Waals surface area contributed by atoms with Crippen LogP contribution in [-0.4, -0.2) is 33.6 Å². The fraction of sp³-hybridized carbons (Fsp3) is 0.118. The molecule has 0 unspecified atom stereocenters. The number of para-hydroxylation sites is 1. The van der Waals surface area contributed by atoms with Crippen molar-refractivity contribution in [2.75, 3.05) is 24.7 Å². The van der Waals surface area contributed by atoms with Crippen LogP contribution in [0.5, 0.6) is 0 Å². The number of rotatable bonds is 5. The van der Waals surface area contributed by atoms with E-state index in [1.165, 1.54) is 0 Å². The fourth-order valence-electron chi connectivity index (χ4n) is 2.14. The van der Waals surface area contributed by atoms with Gasteiger partial charge in [-0.05, 0) is 30.3 Å². The van der Waals surface area contributed by atoms with E-state index in [-0.39, 0.29) is 5.91 Å². The van der Waals surface area contributed by atoms with Crippen molar-refractivity contribution in [2.45, 2.75) is 0 Å². The second kappa shape index (κ2) is 7.10. The lowest BCUT2D eigenvalue weighted by Gasteiger charge is -2.12. The number of amides is 1. The molecule has 0 radical (unpaired) electrons. The van der Waals surface area contributed by atoms with Crippen LogP contribution in [0.25, 0.3) is 0 Å². The van der Waals surface area contributed by atoms with Gasteiger partial charge in [0.25, 0.3) is 5.91 Å². The predicted molar refractivity (Wildman–Crippen MR) is 97.4 cm³/mol. The van der Waals surface area contributed by atoms with Crippen molar-refractivity contribution in [3.63, 3.8) is 0 Å². The van der Waals surface area contributed by atoms with Gasteiger partial charge in [0.1, 0.15) is 0 Å². The summed E-state index contributed by atoms with van der Waals surface area (Å²) in [6.07, 6.45) is 0. The standard InChI is InChI=1S/C17H17N5OS/c1-22(2)17(23)12-7-6-10-14(11-12)19-16-15(20-24-21-16)18-13-8-4-3-5-9-13/h3-11H,1-2H3,(H,18,20)(H,19,21). The van der Waals surface area contributed by atoms with Gasteiger partial charge in [-0.15, -0.1) is 0 Å². The molecular weight excluding hydrogens is 322 g/mol. The smallest absolute Gasteiger partial charge is 0.253 e. The minimum absolute atomic E-state index is 0.0438. The first-order valence-corrected chi connectivity index (χ1v) is 8.10. The molecule has 2 aromatic carbocycles. The highest BCUT2D eigenvalue weighted by Gasteiger charge is 2.11. The van der Waals surface area contributed by atoms with Crippen LogP contribution in [0.15, 0.2) is 54.6 Å². The zero-order valence-electron chi connectivity index (χ0n) is 13.4. The van der Waals surface area contributed by atoms with Gasteiger partial charge in [0, 0.05) is 31.0 Å². The van der Waals surface area contributed by atoms with Crippen LogP contribution < -0.4 is 10.6 Å². The second-order valence-corrected chi connectivity index (χ2v) is 5.89. The van der Waals surface area contributed by atoms with E-state index in [1.807, 2.05) is 42.5 Å². The van der Waals surface area contributed by atoms with Gasteiger partial charge in [0.05, 0.1) is 11.7 Å². The van der Waals surface area contributed by atoms with Crippen LogP contribution in [-0.2, 0) is 0 Å². The Hall–Kier alpha value is -2.93. The highest BCUT2D eigenvalue weighted by Crippen LogP contribution is 2.26. The van der Waals surface area contributed by atoms with E-state index < -0.39 is 0 Å². The highest BCUT2D eigenvalue weighted by atomic mass is 32.1. The molecule has 3 aromatic rings. The molecule has 0 aliphatic carbocycles. The Labute approximate surface area is 144 Å². The van der Waals surface area contributed by atoms with Crippen LogP contribution in [0.4, 0.5) is 23.0 Å². The number of carbonyl (C=O) groups excluding carboxylic acids is 1. The molecule has 7 heteroatoms. The average Bonchev–Trinajstić information content (AvgIpc) is 3.02. The summed E-state index contributed by atoms with van der Waals surface area (Å²) in [5, 5.41) is 6.44. The average molecular weight is 339 g/mol. The molecule has 24 heavy (non-hydrogen) atoms. The summed E-state index contributed by atoms with van der Waals surface area (Å²) in [6, 6.07) is 17.1. The highest BCUT2D eigenvalue weighted by molar-refractivity contribution is 6.99. The first kappa shape index (κ1) is 15.9. The van der Waals surface area contributed by atoms with E-state index in [2.05, 4.69) is 19.4 Å². The molecule has 122 valence electrons. The molecule has 0 saturated heterocycles. The lowest BCUT2D eigenvalue weighted by Crippen LogP contribution is -2.21. The number of nitrogens with zero attached hydrogens (tertiary/aromatic N) is 3. The first-order chi connectivity index (χ1) is 11.6. The number of benzene rings is 2. The molecule has 3 rings (SSSR count). The molecule has 1 aromatic heterocycles. The molecule has 0 spiro atoms. The molecule has 0 bridgehead atoms. The van der Waals surface area contributed by atoms with Crippen molar-refractivity contribution in [3.05, 3.63) is 60.2 Å². The van der Waals surface area contributed by atoms with Gasteiger partial charge in [-0.25, -0.2) is 0 Å². The van der Waals surface area contributed by atoms with E-state index in [9.17, 15) is 4.79 Å². The van der Waals surface area contributed by atoms with Gasteiger partial charge in [0.15, 0.2) is 11.6 Å². The van der Waals surface area contributed by atoms with Crippen LogP contribution in [0.1, 0.15) is 10.4 Å². The van der Waals surface area contributed by atoms with Gasteiger partial charge in [-0.1, -0.05) is 24.3 Å². The van der Waals surface area contributed by atoms with Crippen molar-refractivity contribution in [3.8, 4) is 0 Å². The number of anilines is 4. The quantitative estimate of drug-likeness (QED) is 0.741. The molecule has 1 heterocycles. The van der Waals surface area contributed by atoms with Crippen molar-refractivity contribution >= 4 is 40.6 Å². The summed E-state index contributed by atoms with van der Waals surface area (Å²) in [4.78, 5) is 13.6. The Kier molecular flexibility index (Phi) is 4.72. The molecule has 0 atom stereocenters. The molecule has 6 nitrogen and oxygen atoms in total. The van der Waals surface area contributed by atoms with Gasteiger partial charge in [0.2, 0.25) is 0 Å². The Bertz CT molecular complexity index is 832. The van der Waals surface area contributed by atoms with E-state index in [0.29, 0.717) is 17.2 Å². The van der Waals surface area contributed by atoms with Gasteiger partial charge >= 0.3 is 0 Å². The topological polar surface area (TPSA) is 70.2 Å². The summed E-state index contributed by atoms with van der Waals surface area (Å²) in [5.41, 5.74) is 2.34. The second-order valence-electron chi connectivity index (χ2n) is 5.36. The molecule has 2 N–H and O–H groups in total. The Morgan fingerprint density at radius 2 is 1.54 bits per heavy atom. The molecule has 0 aliphatic heterocycles. The van der Waals surface area contributed by atoms with E-state index >= 15 is 0 Å². The maximum Gasteiger partial charge on any atom is 0.253 e. The van der Waals surface area contributed by atoms with Gasteiger partial charge in [-0.2, -0.15) is 8.75 Å². The number of hydrogen-bond donors (Lipinski definition) is 2. The largest absolute Gasteiger partial charge is 0.345 e. The molecular formula is C17H17N5OS. The Morgan fingerprint density at radius 1 is 0.917 bits per heavy atom. The lowest BCUT2D eigenvalue weighted by molar-refractivity contribution is 0.0827. The number of carbonyl (C=O) groups is 1. The molecule has 1 amide bonds. The minimum atomic E-state index is -0.0438. The molecule has 0 fully saturated rings.